The molecule has 0 saturated heterocycles. The highest BCUT2D eigenvalue weighted by Crippen LogP contribution is 2.39. The van der Waals surface area contributed by atoms with Gasteiger partial charge in [0.05, 0.1) is 0 Å². The van der Waals surface area contributed by atoms with Crippen LogP contribution in [-0.4, -0.2) is 38.0 Å². The number of nitrogens with zero attached hydrogens (tertiary/aromatic N) is 1. The van der Waals surface area contributed by atoms with E-state index in [4.69, 9.17) is 9.47 Å². The smallest absolute Gasteiger partial charge is 0.171 e. The van der Waals surface area contributed by atoms with Crippen LogP contribution in [0.2, 0.25) is 0 Å². The molecule has 20 heavy (non-hydrogen) atoms. The predicted octanol–water partition coefficient (Wildman–Crippen LogP) is 3.30. The first-order valence-corrected chi connectivity index (χ1v) is 7.60. The number of rotatable bonds is 7. The van der Waals surface area contributed by atoms with E-state index in [2.05, 4.69) is 42.2 Å². The summed E-state index contributed by atoms with van der Waals surface area (Å²) in [6.45, 7) is 5.30. The fourth-order valence-corrected chi connectivity index (χ4v) is 3.33. The zero-order valence-corrected chi connectivity index (χ0v) is 13.0. The van der Waals surface area contributed by atoms with Gasteiger partial charge in [-0.3, -0.25) is 4.90 Å². The maximum Gasteiger partial charge on any atom is 0.171 e. The van der Waals surface area contributed by atoms with E-state index in [1.54, 1.807) is 14.2 Å². The van der Waals surface area contributed by atoms with Crippen LogP contribution >= 0.6 is 0 Å². The first-order valence-electron chi connectivity index (χ1n) is 7.60. The highest BCUT2D eigenvalue weighted by molar-refractivity contribution is 5.14. The molecule has 1 aromatic carbocycles. The third-order valence-electron chi connectivity index (χ3n) is 4.57. The molecule has 1 aliphatic carbocycles. The van der Waals surface area contributed by atoms with E-state index in [1.165, 1.54) is 18.4 Å². The van der Waals surface area contributed by atoms with Crippen molar-refractivity contribution in [3.8, 4) is 0 Å². The van der Waals surface area contributed by atoms with E-state index in [1.807, 2.05) is 0 Å². The molecule has 1 fully saturated rings. The van der Waals surface area contributed by atoms with Gasteiger partial charge < -0.3 is 9.47 Å². The van der Waals surface area contributed by atoms with Gasteiger partial charge in [-0.25, -0.2) is 0 Å². The summed E-state index contributed by atoms with van der Waals surface area (Å²) in [5.74, 6) is 0.0885. The molecule has 0 bridgehead atoms. The lowest BCUT2D eigenvalue weighted by Crippen LogP contribution is -2.43. The van der Waals surface area contributed by atoms with Crippen LogP contribution in [0.25, 0.3) is 0 Å². The normalized spacial score (nSPS) is 21.5. The van der Waals surface area contributed by atoms with Crippen LogP contribution in [0, 0.1) is 5.92 Å². The summed E-state index contributed by atoms with van der Waals surface area (Å²) in [7, 11) is 3.55. The number of hydrogen-bond acceptors (Lipinski definition) is 3. The molecule has 0 radical (unpaired) electrons. The zero-order chi connectivity index (χ0) is 14.4. The van der Waals surface area contributed by atoms with Crippen molar-refractivity contribution in [2.75, 3.05) is 27.3 Å². The topological polar surface area (TPSA) is 21.7 Å². The van der Waals surface area contributed by atoms with Gasteiger partial charge in [0.15, 0.2) is 5.79 Å². The molecule has 0 aromatic heterocycles. The summed E-state index contributed by atoms with van der Waals surface area (Å²) in [6.07, 6.45) is 3.38. The Kier molecular flexibility index (Phi) is 5.58. The van der Waals surface area contributed by atoms with E-state index in [0.29, 0.717) is 5.92 Å². The highest BCUT2D eigenvalue weighted by Gasteiger charge is 2.43. The van der Waals surface area contributed by atoms with Crippen LogP contribution in [0.3, 0.4) is 0 Å². The Labute approximate surface area is 122 Å². The molecule has 3 heteroatoms. The first-order chi connectivity index (χ1) is 9.74. The lowest BCUT2D eigenvalue weighted by molar-refractivity contribution is -0.230. The molecule has 0 heterocycles. The summed E-state index contributed by atoms with van der Waals surface area (Å²) < 4.78 is 11.4. The number of benzene rings is 1. The van der Waals surface area contributed by atoms with Crippen molar-refractivity contribution in [3.63, 3.8) is 0 Å². The van der Waals surface area contributed by atoms with Crippen LogP contribution in [0.5, 0.6) is 0 Å². The number of hydrogen-bond donors (Lipinski definition) is 0. The standard InChI is InChI=1S/C17H27NO2/c1-4-18(13-15-9-6-5-7-10-15)14-16-11-8-12-17(16,19-2)20-3/h5-7,9-10,16H,4,8,11-14H2,1-3H3. The third-order valence-corrected chi connectivity index (χ3v) is 4.57. The van der Waals surface area contributed by atoms with Crippen molar-refractivity contribution in [3.05, 3.63) is 35.9 Å². The largest absolute Gasteiger partial charge is 0.353 e. The Morgan fingerprint density at radius 2 is 1.90 bits per heavy atom. The maximum atomic E-state index is 5.71. The zero-order valence-electron chi connectivity index (χ0n) is 13.0. The first kappa shape index (κ1) is 15.5. The van der Waals surface area contributed by atoms with E-state index >= 15 is 0 Å². The molecule has 1 atom stereocenters. The van der Waals surface area contributed by atoms with Crippen molar-refractivity contribution < 1.29 is 9.47 Å². The van der Waals surface area contributed by atoms with Crippen molar-refractivity contribution >= 4 is 0 Å². The minimum atomic E-state index is -0.371. The van der Waals surface area contributed by atoms with Gasteiger partial charge in [-0.15, -0.1) is 0 Å². The SMILES string of the molecule is CCN(Cc1ccccc1)CC1CCCC1(OC)OC. The lowest BCUT2D eigenvalue weighted by atomic mass is 10.0. The Morgan fingerprint density at radius 3 is 2.50 bits per heavy atom. The second kappa shape index (κ2) is 7.21. The maximum absolute atomic E-state index is 5.71. The number of ether oxygens (including phenoxy) is 2. The van der Waals surface area contributed by atoms with E-state index in [9.17, 15) is 0 Å². The Bertz CT molecular complexity index is 389. The average molecular weight is 277 g/mol. The molecule has 1 aliphatic rings. The molecule has 112 valence electrons. The van der Waals surface area contributed by atoms with Crippen molar-refractivity contribution in [1.29, 1.82) is 0 Å². The fraction of sp³-hybridized carbons (Fsp3) is 0.647. The van der Waals surface area contributed by atoms with E-state index in [-0.39, 0.29) is 5.79 Å². The van der Waals surface area contributed by atoms with Crippen LogP contribution < -0.4 is 0 Å². The van der Waals surface area contributed by atoms with Crippen LogP contribution in [0.15, 0.2) is 30.3 Å². The molecular weight excluding hydrogens is 250 g/mol. The summed E-state index contributed by atoms with van der Waals surface area (Å²) >= 11 is 0. The summed E-state index contributed by atoms with van der Waals surface area (Å²) in [6, 6.07) is 10.7. The minimum Gasteiger partial charge on any atom is -0.353 e. The van der Waals surface area contributed by atoms with Crippen LogP contribution in [0.4, 0.5) is 0 Å². The number of methoxy groups -OCH3 is 2. The quantitative estimate of drug-likeness (QED) is 0.714. The van der Waals surface area contributed by atoms with Crippen molar-refractivity contribution in [2.45, 2.75) is 38.5 Å². The average Bonchev–Trinajstić information content (AvgIpc) is 2.91. The second-order valence-electron chi connectivity index (χ2n) is 5.62. The van der Waals surface area contributed by atoms with E-state index in [0.717, 1.165) is 26.1 Å². The van der Waals surface area contributed by atoms with Gasteiger partial charge in [-0.05, 0) is 24.9 Å². The molecule has 3 nitrogen and oxygen atoms in total. The monoisotopic (exact) mass is 277 g/mol. The van der Waals surface area contributed by atoms with Gasteiger partial charge in [0.25, 0.3) is 0 Å². The van der Waals surface area contributed by atoms with Crippen LogP contribution in [0.1, 0.15) is 31.7 Å². The van der Waals surface area contributed by atoms with Gasteiger partial charge in [0, 0.05) is 39.6 Å². The van der Waals surface area contributed by atoms with Gasteiger partial charge in [0.2, 0.25) is 0 Å². The van der Waals surface area contributed by atoms with Gasteiger partial charge in [0.1, 0.15) is 0 Å². The van der Waals surface area contributed by atoms with Gasteiger partial charge >= 0.3 is 0 Å². The molecule has 2 rings (SSSR count). The van der Waals surface area contributed by atoms with Crippen molar-refractivity contribution in [1.82, 2.24) is 4.90 Å². The lowest BCUT2D eigenvalue weighted by Gasteiger charge is -2.35. The summed E-state index contributed by atoms with van der Waals surface area (Å²) in [5.41, 5.74) is 1.37. The Balaban J connectivity index is 1.99. The highest BCUT2D eigenvalue weighted by atomic mass is 16.7. The van der Waals surface area contributed by atoms with Crippen molar-refractivity contribution in [2.24, 2.45) is 5.92 Å². The molecule has 0 N–H and O–H groups in total. The molecule has 1 unspecified atom stereocenters. The molecule has 0 spiro atoms. The van der Waals surface area contributed by atoms with Gasteiger partial charge in [-0.1, -0.05) is 37.3 Å². The third kappa shape index (κ3) is 3.40. The van der Waals surface area contributed by atoms with E-state index < -0.39 is 0 Å². The molecule has 0 amide bonds. The fourth-order valence-electron chi connectivity index (χ4n) is 3.33. The summed E-state index contributed by atoms with van der Waals surface area (Å²) in [4.78, 5) is 2.48. The molecule has 0 aliphatic heterocycles. The minimum absolute atomic E-state index is 0.371. The molecular formula is C17H27NO2. The predicted molar refractivity (Wildman–Crippen MR) is 81.5 cm³/mol. The molecule has 1 saturated carbocycles. The van der Waals surface area contributed by atoms with Gasteiger partial charge in [-0.2, -0.15) is 0 Å². The second-order valence-corrected chi connectivity index (χ2v) is 5.62. The molecule has 1 aromatic rings. The Hall–Kier alpha value is -0.900. The van der Waals surface area contributed by atoms with Crippen LogP contribution in [-0.2, 0) is 16.0 Å². The Morgan fingerprint density at radius 1 is 1.20 bits per heavy atom. The summed E-state index contributed by atoms with van der Waals surface area (Å²) in [5, 5.41) is 0.